The van der Waals surface area contributed by atoms with Crippen molar-refractivity contribution in [2.75, 3.05) is 0 Å². The molecule has 0 bridgehead atoms. The fourth-order valence-corrected chi connectivity index (χ4v) is 1.41. The van der Waals surface area contributed by atoms with Crippen molar-refractivity contribution in [1.82, 2.24) is 4.90 Å². The molecule has 1 aromatic rings. The van der Waals surface area contributed by atoms with Crippen molar-refractivity contribution in [2.45, 2.75) is 13.0 Å². The Morgan fingerprint density at radius 1 is 1.43 bits per heavy atom. The highest BCUT2D eigenvalue weighted by Gasteiger charge is 2.17. The third-order valence-corrected chi connectivity index (χ3v) is 2.26. The van der Waals surface area contributed by atoms with Crippen molar-refractivity contribution in [2.24, 2.45) is 0 Å². The van der Waals surface area contributed by atoms with Crippen LogP contribution >= 0.6 is 12.6 Å². The second kappa shape index (κ2) is 4.81. The smallest absolute Gasteiger partial charge is 0.278 e. The van der Waals surface area contributed by atoms with Crippen LogP contribution in [0.1, 0.15) is 18.5 Å². The molecular weight excluding hydrogens is 198 g/mol. The van der Waals surface area contributed by atoms with Gasteiger partial charge in [0, 0.05) is 0 Å². The van der Waals surface area contributed by atoms with E-state index in [1.807, 2.05) is 30.3 Å². The number of carbonyl (C=O) groups is 2. The maximum atomic E-state index is 10.9. The second-order valence-corrected chi connectivity index (χ2v) is 3.26. The van der Waals surface area contributed by atoms with Crippen LogP contribution in [0.5, 0.6) is 0 Å². The van der Waals surface area contributed by atoms with Crippen molar-refractivity contribution < 1.29 is 9.59 Å². The summed E-state index contributed by atoms with van der Waals surface area (Å²) in [4.78, 5) is 22.6. The Morgan fingerprint density at radius 3 is 2.43 bits per heavy atom. The molecule has 0 aromatic heterocycles. The lowest BCUT2D eigenvalue weighted by Crippen LogP contribution is -2.27. The van der Waals surface area contributed by atoms with Crippen molar-refractivity contribution in [3.63, 3.8) is 0 Å². The van der Waals surface area contributed by atoms with Gasteiger partial charge in [0.15, 0.2) is 0 Å². The Morgan fingerprint density at radius 2 is 2.00 bits per heavy atom. The van der Waals surface area contributed by atoms with Crippen LogP contribution < -0.4 is 0 Å². The number of imide groups is 1. The predicted octanol–water partition coefficient (Wildman–Crippen LogP) is 2.26. The molecule has 0 fully saturated rings. The zero-order valence-electron chi connectivity index (χ0n) is 7.75. The van der Waals surface area contributed by atoms with E-state index in [0.29, 0.717) is 6.41 Å². The van der Waals surface area contributed by atoms with E-state index in [-0.39, 0.29) is 6.04 Å². The van der Waals surface area contributed by atoms with Gasteiger partial charge in [0.1, 0.15) is 0 Å². The van der Waals surface area contributed by atoms with Crippen LogP contribution in [0.25, 0.3) is 0 Å². The minimum atomic E-state index is -0.545. The second-order valence-electron chi connectivity index (χ2n) is 2.88. The van der Waals surface area contributed by atoms with Crippen molar-refractivity contribution in [1.29, 1.82) is 0 Å². The van der Waals surface area contributed by atoms with Gasteiger partial charge in [-0.15, -0.1) is 0 Å². The Labute approximate surface area is 88.1 Å². The van der Waals surface area contributed by atoms with Gasteiger partial charge in [-0.25, -0.2) is 0 Å². The van der Waals surface area contributed by atoms with E-state index in [1.165, 1.54) is 0 Å². The minimum absolute atomic E-state index is 0.279. The average molecular weight is 209 g/mol. The predicted molar refractivity (Wildman–Crippen MR) is 57.1 cm³/mol. The van der Waals surface area contributed by atoms with Crippen molar-refractivity contribution >= 4 is 24.3 Å². The number of nitrogens with zero attached hydrogens (tertiary/aromatic N) is 1. The van der Waals surface area contributed by atoms with Gasteiger partial charge in [-0.1, -0.05) is 43.0 Å². The van der Waals surface area contributed by atoms with Crippen molar-refractivity contribution in [3.8, 4) is 0 Å². The molecule has 1 aromatic carbocycles. The molecule has 14 heavy (non-hydrogen) atoms. The molecule has 2 amide bonds. The Kier molecular flexibility index (Phi) is 3.71. The largest absolute Gasteiger partial charge is 0.285 e. The lowest BCUT2D eigenvalue weighted by Gasteiger charge is -2.21. The molecule has 0 aliphatic rings. The fraction of sp³-hybridized carbons (Fsp3) is 0.200. The molecule has 1 rings (SSSR count). The summed E-state index contributed by atoms with van der Waals surface area (Å²) >= 11 is 3.62. The number of thiol groups is 1. The summed E-state index contributed by atoms with van der Waals surface area (Å²) in [6.07, 6.45) is 0.493. The minimum Gasteiger partial charge on any atom is -0.278 e. The summed E-state index contributed by atoms with van der Waals surface area (Å²) < 4.78 is 0. The molecule has 0 radical (unpaired) electrons. The molecule has 0 heterocycles. The summed E-state index contributed by atoms with van der Waals surface area (Å²) in [5.74, 6) is 0. The molecule has 3 nitrogen and oxygen atoms in total. The van der Waals surface area contributed by atoms with Gasteiger partial charge in [-0.05, 0) is 12.5 Å². The molecule has 0 saturated heterocycles. The average Bonchev–Trinajstić information content (AvgIpc) is 2.19. The Hall–Kier alpha value is -1.29. The quantitative estimate of drug-likeness (QED) is 0.612. The van der Waals surface area contributed by atoms with Crippen LogP contribution in [-0.4, -0.2) is 16.5 Å². The molecule has 74 valence electrons. The van der Waals surface area contributed by atoms with Crippen LogP contribution in [0.4, 0.5) is 4.79 Å². The normalized spacial score (nSPS) is 11.9. The Balaban J connectivity index is 2.88. The molecule has 1 atom stereocenters. The number of hydrogen-bond acceptors (Lipinski definition) is 2. The lowest BCUT2D eigenvalue weighted by atomic mass is 10.1. The number of amides is 2. The summed E-state index contributed by atoms with van der Waals surface area (Å²) in [5, 5.41) is -0.545. The molecular formula is C10H11NO2S. The first kappa shape index (κ1) is 10.8. The van der Waals surface area contributed by atoms with Crippen molar-refractivity contribution in [3.05, 3.63) is 35.9 Å². The van der Waals surface area contributed by atoms with Crippen LogP contribution in [-0.2, 0) is 4.79 Å². The molecule has 0 N–H and O–H groups in total. The molecule has 0 aliphatic heterocycles. The first-order chi connectivity index (χ1) is 6.66. The SMILES string of the molecule is C[C@H](c1ccccc1)N(C=O)C(=O)S. The number of benzene rings is 1. The van der Waals surface area contributed by atoms with E-state index >= 15 is 0 Å². The summed E-state index contributed by atoms with van der Waals surface area (Å²) in [6.45, 7) is 1.78. The van der Waals surface area contributed by atoms with Gasteiger partial charge in [-0.2, -0.15) is 0 Å². The van der Waals surface area contributed by atoms with Gasteiger partial charge in [0.2, 0.25) is 6.41 Å². The molecule has 4 heteroatoms. The number of hydrogen-bond donors (Lipinski definition) is 1. The standard InChI is InChI=1S/C10H11NO2S/c1-8(11(7-12)10(13)14)9-5-3-2-4-6-9/h2-8H,1H3,(H,13,14)/t8-/m1/s1. The molecule has 0 saturated carbocycles. The van der Waals surface area contributed by atoms with Gasteiger partial charge in [0.05, 0.1) is 6.04 Å². The highest BCUT2D eigenvalue weighted by atomic mass is 32.1. The topological polar surface area (TPSA) is 37.4 Å². The zero-order chi connectivity index (χ0) is 10.6. The highest BCUT2D eigenvalue weighted by molar-refractivity contribution is 7.96. The summed E-state index contributed by atoms with van der Waals surface area (Å²) in [7, 11) is 0. The van der Waals surface area contributed by atoms with E-state index < -0.39 is 5.24 Å². The van der Waals surface area contributed by atoms with E-state index in [9.17, 15) is 9.59 Å². The van der Waals surface area contributed by atoms with Crippen LogP contribution in [0.2, 0.25) is 0 Å². The molecule has 0 aliphatic carbocycles. The van der Waals surface area contributed by atoms with E-state index in [0.717, 1.165) is 10.5 Å². The highest BCUT2D eigenvalue weighted by Crippen LogP contribution is 2.19. The van der Waals surface area contributed by atoms with Gasteiger partial charge < -0.3 is 0 Å². The van der Waals surface area contributed by atoms with Crippen LogP contribution in [0.3, 0.4) is 0 Å². The summed E-state index contributed by atoms with van der Waals surface area (Å²) in [6, 6.07) is 9.04. The third-order valence-electron chi connectivity index (χ3n) is 2.03. The maximum Gasteiger partial charge on any atom is 0.285 e. The van der Waals surface area contributed by atoms with Gasteiger partial charge in [0.25, 0.3) is 5.24 Å². The zero-order valence-corrected chi connectivity index (χ0v) is 8.65. The first-order valence-corrected chi connectivity index (χ1v) is 4.63. The van der Waals surface area contributed by atoms with Crippen LogP contribution in [0.15, 0.2) is 30.3 Å². The fourth-order valence-electron chi connectivity index (χ4n) is 1.19. The maximum absolute atomic E-state index is 10.9. The number of rotatable bonds is 3. The van der Waals surface area contributed by atoms with E-state index in [1.54, 1.807) is 6.92 Å². The van der Waals surface area contributed by atoms with Crippen LogP contribution in [0, 0.1) is 0 Å². The monoisotopic (exact) mass is 209 g/mol. The Bertz CT molecular complexity index is 326. The summed E-state index contributed by atoms with van der Waals surface area (Å²) in [5.41, 5.74) is 0.905. The number of carbonyl (C=O) groups excluding carboxylic acids is 2. The first-order valence-electron chi connectivity index (χ1n) is 4.18. The molecule has 0 spiro atoms. The molecule has 0 unspecified atom stereocenters. The van der Waals surface area contributed by atoms with Gasteiger partial charge in [-0.3, -0.25) is 14.5 Å². The van der Waals surface area contributed by atoms with E-state index in [2.05, 4.69) is 12.6 Å². The van der Waals surface area contributed by atoms with E-state index in [4.69, 9.17) is 0 Å². The third kappa shape index (κ3) is 2.35. The van der Waals surface area contributed by atoms with Gasteiger partial charge >= 0.3 is 0 Å². The lowest BCUT2D eigenvalue weighted by molar-refractivity contribution is -0.116.